The maximum Gasteiger partial charge on any atom is 0.332 e. The zero-order valence-corrected chi connectivity index (χ0v) is 15.2. The summed E-state index contributed by atoms with van der Waals surface area (Å²) >= 11 is 1.54. The normalized spacial score (nSPS) is 11.2. The van der Waals surface area contributed by atoms with Crippen LogP contribution >= 0.6 is 11.3 Å². The SMILES string of the molecule is Cc1ncc(CN(C)C(=O)Cn2cnc3c2c(=O)n(C)c(=O)n3C)s1. The average molecular weight is 362 g/mol. The first-order chi connectivity index (χ1) is 11.8. The summed E-state index contributed by atoms with van der Waals surface area (Å²) in [5.41, 5.74) is -0.419. The van der Waals surface area contributed by atoms with E-state index >= 15 is 0 Å². The highest BCUT2D eigenvalue weighted by molar-refractivity contribution is 7.11. The van der Waals surface area contributed by atoms with Gasteiger partial charge in [0.15, 0.2) is 11.2 Å². The molecule has 0 atom stereocenters. The van der Waals surface area contributed by atoms with Crippen molar-refractivity contribution in [3.63, 3.8) is 0 Å². The molecule has 0 aliphatic rings. The van der Waals surface area contributed by atoms with Gasteiger partial charge in [-0.25, -0.2) is 14.8 Å². The monoisotopic (exact) mass is 362 g/mol. The van der Waals surface area contributed by atoms with Gasteiger partial charge < -0.3 is 9.47 Å². The molecule has 0 N–H and O–H groups in total. The van der Waals surface area contributed by atoms with Crippen LogP contribution in [0.2, 0.25) is 0 Å². The highest BCUT2D eigenvalue weighted by Crippen LogP contribution is 2.14. The van der Waals surface area contributed by atoms with E-state index < -0.39 is 11.2 Å². The number of likely N-dealkylation sites (N-methyl/N-ethyl adjacent to an activating group) is 1. The van der Waals surface area contributed by atoms with Gasteiger partial charge in [0.25, 0.3) is 5.56 Å². The van der Waals surface area contributed by atoms with Crippen molar-refractivity contribution in [1.82, 2.24) is 28.6 Å². The molecule has 0 spiro atoms. The number of hydrogen-bond donors (Lipinski definition) is 0. The van der Waals surface area contributed by atoms with Crippen molar-refractivity contribution in [3.8, 4) is 0 Å². The summed E-state index contributed by atoms with van der Waals surface area (Å²) in [5.74, 6) is -0.166. The maximum absolute atomic E-state index is 12.5. The van der Waals surface area contributed by atoms with Crippen molar-refractivity contribution in [2.75, 3.05) is 7.05 Å². The Bertz CT molecular complexity index is 1070. The molecule has 0 unspecified atom stereocenters. The van der Waals surface area contributed by atoms with E-state index in [4.69, 9.17) is 0 Å². The molecule has 0 radical (unpaired) electrons. The van der Waals surface area contributed by atoms with Gasteiger partial charge in [-0.1, -0.05) is 0 Å². The first-order valence-electron chi connectivity index (χ1n) is 7.55. The predicted molar refractivity (Wildman–Crippen MR) is 93.5 cm³/mol. The zero-order valence-electron chi connectivity index (χ0n) is 14.4. The summed E-state index contributed by atoms with van der Waals surface area (Å²) in [6.45, 7) is 2.33. The van der Waals surface area contributed by atoms with Gasteiger partial charge in [-0.15, -0.1) is 11.3 Å². The number of carbonyl (C=O) groups is 1. The second-order valence-electron chi connectivity index (χ2n) is 5.85. The lowest BCUT2D eigenvalue weighted by Crippen LogP contribution is -2.38. The van der Waals surface area contributed by atoms with Crippen LogP contribution in [-0.2, 0) is 32.0 Å². The van der Waals surface area contributed by atoms with Crippen molar-refractivity contribution < 1.29 is 4.79 Å². The van der Waals surface area contributed by atoms with Crippen LogP contribution in [0.25, 0.3) is 11.2 Å². The molecule has 3 aromatic heterocycles. The number of nitrogens with zero attached hydrogens (tertiary/aromatic N) is 6. The fourth-order valence-corrected chi connectivity index (χ4v) is 3.43. The van der Waals surface area contributed by atoms with Gasteiger partial charge >= 0.3 is 5.69 Å². The van der Waals surface area contributed by atoms with Gasteiger partial charge in [0, 0.05) is 32.2 Å². The molecule has 0 aliphatic carbocycles. The zero-order chi connectivity index (χ0) is 18.3. The number of imidazole rings is 1. The third kappa shape index (κ3) is 3.00. The average Bonchev–Trinajstić information content (AvgIpc) is 3.17. The molecule has 3 heterocycles. The predicted octanol–water partition coefficient (Wildman–Crippen LogP) is -0.143. The first kappa shape index (κ1) is 17.1. The minimum Gasteiger partial charge on any atom is -0.339 e. The van der Waals surface area contributed by atoms with E-state index in [1.807, 2.05) is 6.92 Å². The van der Waals surface area contributed by atoms with E-state index in [0.717, 1.165) is 14.5 Å². The lowest BCUT2D eigenvalue weighted by Gasteiger charge is -2.16. The fraction of sp³-hybridized carbons (Fsp3) is 0.400. The third-order valence-corrected chi connectivity index (χ3v) is 4.91. The molecule has 3 rings (SSSR count). The summed E-state index contributed by atoms with van der Waals surface area (Å²) in [6, 6.07) is 0. The molecular weight excluding hydrogens is 344 g/mol. The largest absolute Gasteiger partial charge is 0.339 e. The van der Waals surface area contributed by atoms with Gasteiger partial charge in [-0.05, 0) is 6.92 Å². The number of hydrogen-bond acceptors (Lipinski definition) is 6. The van der Waals surface area contributed by atoms with Crippen LogP contribution in [0.1, 0.15) is 9.88 Å². The molecule has 3 aromatic rings. The molecule has 9 nitrogen and oxygen atoms in total. The van der Waals surface area contributed by atoms with Crippen molar-refractivity contribution in [1.29, 1.82) is 0 Å². The number of amides is 1. The van der Waals surface area contributed by atoms with E-state index in [0.29, 0.717) is 6.54 Å². The van der Waals surface area contributed by atoms with Gasteiger partial charge in [0.2, 0.25) is 5.91 Å². The quantitative estimate of drug-likeness (QED) is 0.644. The summed E-state index contributed by atoms with van der Waals surface area (Å²) in [5, 5.41) is 0.945. The standard InChI is InChI=1S/C15H18N6O3S/c1-9-16-5-10(25-9)6-18(2)11(22)7-21-8-17-13-12(21)14(23)20(4)15(24)19(13)3/h5,8H,6-7H2,1-4H3. The Hall–Kier alpha value is -2.75. The second kappa shape index (κ2) is 6.28. The van der Waals surface area contributed by atoms with E-state index in [9.17, 15) is 14.4 Å². The van der Waals surface area contributed by atoms with Crippen molar-refractivity contribution in [2.45, 2.75) is 20.0 Å². The van der Waals surface area contributed by atoms with Crippen molar-refractivity contribution in [2.24, 2.45) is 14.1 Å². The van der Waals surface area contributed by atoms with Crippen LogP contribution in [0.15, 0.2) is 22.1 Å². The van der Waals surface area contributed by atoms with Crippen LogP contribution < -0.4 is 11.2 Å². The number of rotatable bonds is 4. The maximum atomic E-state index is 12.5. The summed E-state index contributed by atoms with van der Waals surface area (Å²) in [4.78, 5) is 47.7. The Morgan fingerprint density at radius 3 is 2.60 bits per heavy atom. The molecule has 0 saturated carbocycles. The minimum atomic E-state index is -0.468. The summed E-state index contributed by atoms with van der Waals surface area (Å²) in [6.07, 6.45) is 3.16. The Balaban J connectivity index is 1.89. The Kier molecular flexibility index (Phi) is 4.29. The fourth-order valence-electron chi connectivity index (χ4n) is 2.58. The number of carbonyl (C=O) groups excluding carboxylic acids is 1. The van der Waals surface area contributed by atoms with Crippen LogP contribution in [0.4, 0.5) is 0 Å². The lowest BCUT2D eigenvalue weighted by atomic mass is 10.4. The van der Waals surface area contributed by atoms with Crippen molar-refractivity contribution >= 4 is 28.4 Å². The number of aromatic nitrogens is 5. The van der Waals surface area contributed by atoms with Crippen LogP contribution in [0, 0.1) is 6.92 Å². The van der Waals surface area contributed by atoms with E-state index in [-0.39, 0.29) is 23.6 Å². The molecular formula is C15H18N6O3S. The van der Waals surface area contributed by atoms with E-state index in [1.165, 1.54) is 33.8 Å². The third-order valence-electron chi connectivity index (χ3n) is 4.01. The number of fused-ring (bicyclic) bond motifs is 1. The van der Waals surface area contributed by atoms with Crippen LogP contribution in [0.3, 0.4) is 0 Å². The summed E-state index contributed by atoms with van der Waals surface area (Å²) in [7, 11) is 4.65. The molecule has 0 saturated heterocycles. The second-order valence-corrected chi connectivity index (χ2v) is 7.17. The van der Waals surface area contributed by atoms with Gasteiger partial charge in [-0.3, -0.25) is 18.7 Å². The Morgan fingerprint density at radius 1 is 1.24 bits per heavy atom. The topological polar surface area (TPSA) is 95.0 Å². The lowest BCUT2D eigenvalue weighted by molar-refractivity contribution is -0.130. The Morgan fingerprint density at radius 2 is 1.96 bits per heavy atom. The van der Waals surface area contributed by atoms with Gasteiger partial charge in [0.1, 0.15) is 6.54 Å². The molecule has 0 aromatic carbocycles. The molecule has 0 fully saturated rings. The molecule has 25 heavy (non-hydrogen) atoms. The molecule has 0 bridgehead atoms. The number of aryl methyl sites for hydroxylation is 2. The van der Waals surface area contributed by atoms with Crippen LogP contribution in [0.5, 0.6) is 0 Å². The molecule has 1 amide bonds. The molecule has 10 heteroatoms. The highest BCUT2D eigenvalue weighted by atomic mass is 32.1. The smallest absolute Gasteiger partial charge is 0.332 e. The van der Waals surface area contributed by atoms with Crippen LogP contribution in [-0.4, -0.2) is 41.5 Å². The van der Waals surface area contributed by atoms with Crippen molar-refractivity contribution in [3.05, 3.63) is 43.2 Å². The Labute approximate surface area is 146 Å². The summed E-state index contributed by atoms with van der Waals surface area (Å²) < 4.78 is 3.78. The highest BCUT2D eigenvalue weighted by Gasteiger charge is 2.18. The molecule has 0 aliphatic heterocycles. The minimum absolute atomic E-state index is 0.0295. The first-order valence-corrected chi connectivity index (χ1v) is 8.37. The number of thiazole rings is 1. The van der Waals surface area contributed by atoms with Gasteiger partial charge in [-0.2, -0.15) is 0 Å². The molecule has 132 valence electrons. The van der Waals surface area contributed by atoms with Gasteiger partial charge in [0.05, 0.1) is 17.9 Å². The van der Waals surface area contributed by atoms with E-state index in [2.05, 4.69) is 9.97 Å². The van der Waals surface area contributed by atoms with E-state index in [1.54, 1.807) is 25.2 Å².